The molecule has 1 N–H and O–H groups in total. The minimum Gasteiger partial charge on any atom is -0.444 e. The number of rotatable bonds is 2. The van der Waals surface area contributed by atoms with Crippen LogP contribution in [0.25, 0.3) is 0 Å². The highest BCUT2D eigenvalue weighted by Crippen LogP contribution is 2.31. The average molecular weight is 370 g/mol. The Morgan fingerprint density at radius 2 is 2.14 bits per heavy atom. The highest BCUT2D eigenvalue weighted by atomic mass is 79.9. The smallest absolute Gasteiger partial charge is 0.410 e. The van der Waals surface area contributed by atoms with Crippen molar-refractivity contribution in [2.75, 3.05) is 6.54 Å². The molecule has 0 aliphatic carbocycles. The van der Waals surface area contributed by atoms with Gasteiger partial charge in [-0.1, -0.05) is 28.1 Å². The van der Waals surface area contributed by atoms with Crippen molar-refractivity contribution >= 4 is 22.0 Å². The van der Waals surface area contributed by atoms with Crippen molar-refractivity contribution in [1.29, 1.82) is 0 Å². The van der Waals surface area contributed by atoms with Crippen molar-refractivity contribution in [2.45, 2.75) is 57.8 Å². The number of halogens is 1. The van der Waals surface area contributed by atoms with Crippen molar-refractivity contribution in [2.24, 2.45) is 0 Å². The van der Waals surface area contributed by atoms with E-state index in [1.165, 1.54) is 0 Å². The van der Waals surface area contributed by atoms with Gasteiger partial charge in [0.05, 0.1) is 12.1 Å². The molecule has 1 aliphatic heterocycles. The van der Waals surface area contributed by atoms with Crippen LogP contribution in [0.3, 0.4) is 0 Å². The van der Waals surface area contributed by atoms with E-state index < -0.39 is 11.7 Å². The maximum Gasteiger partial charge on any atom is 0.410 e. The standard InChI is InChI=1S/C17H24BrNO3/c1-17(2,3)22-16(21)19-10-5-4-9-14(19)15(20)12-7-6-8-13(18)11-12/h6-8,11,14-15,20H,4-5,9-10H2,1-3H3/t14-,15-/m0/s1. The monoisotopic (exact) mass is 369 g/mol. The SMILES string of the molecule is CC(C)(C)OC(=O)N1CCCC[C@H]1[C@@H](O)c1cccc(Br)c1. The highest BCUT2D eigenvalue weighted by molar-refractivity contribution is 9.10. The first-order chi connectivity index (χ1) is 10.3. The van der Waals surface area contributed by atoms with Gasteiger partial charge in [-0.2, -0.15) is 0 Å². The summed E-state index contributed by atoms with van der Waals surface area (Å²) in [5, 5.41) is 10.7. The molecule has 0 spiro atoms. The summed E-state index contributed by atoms with van der Waals surface area (Å²) in [4.78, 5) is 14.1. The Hall–Kier alpha value is -1.07. The summed E-state index contributed by atoms with van der Waals surface area (Å²) in [7, 11) is 0. The fourth-order valence-corrected chi connectivity index (χ4v) is 3.16. The number of piperidine rings is 1. The fraction of sp³-hybridized carbons (Fsp3) is 0.588. The van der Waals surface area contributed by atoms with E-state index >= 15 is 0 Å². The van der Waals surface area contributed by atoms with E-state index in [1.807, 2.05) is 45.0 Å². The number of ether oxygens (including phenoxy) is 1. The second-order valence-electron chi connectivity index (χ2n) is 6.74. The average Bonchev–Trinajstić information content (AvgIpc) is 2.44. The van der Waals surface area contributed by atoms with Crippen molar-refractivity contribution in [3.05, 3.63) is 34.3 Å². The number of carbonyl (C=O) groups excluding carboxylic acids is 1. The number of aliphatic hydroxyl groups is 1. The van der Waals surface area contributed by atoms with Gasteiger partial charge in [0, 0.05) is 11.0 Å². The summed E-state index contributed by atoms with van der Waals surface area (Å²) < 4.78 is 6.40. The fourth-order valence-electron chi connectivity index (χ4n) is 2.75. The molecule has 4 nitrogen and oxygen atoms in total. The summed E-state index contributed by atoms with van der Waals surface area (Å²) in [6.45, 7) is 6.20. The molecule has 1 saturated heterocycles. The van der Waals surface area contributed by atoms with Crippen molar-refractivity contribution in [1.82, 2.24) is 4.90 Å². The van der Waals surface area contributed by atoms with Gasteiger partial charge >= 0.3 is 6.09 Å². The molecule has 1 fully saturated rings. The third-order valence-corrected chi connectivity index (χ3v) is 4.23. The van der Waals surface area contributed by atoms with Crippen LogP contribution in [-0.4, -0.2) is 34.3 Å². The lowest BCUT2D eigenvalue weighted by Crippen LogP contribution is -2.48. The normalized spacial score (nSPS) is 20.6. The molecule has 1 aliphatic rings. The second-order valence-corrected chi connectivity index (χ2v) is 7.65. The van der Waals surface area contributed by atoms with Gasteiger partial charge in [0.1, 0.15) is 5.60 Å². The first-order valence-electron chi connectivity index (χ1n) is 7.71. The lowest BCUT2D eigenvalue weighted by Gasteiger charge is -2.39. The number of amides is 1. The van der Waals surface area contributed by atoms with Gasteiger partial charge in [0.2, 0.25) is 0 Å². The molecule has 0 bridgehead atoms. The summed E-state index contributed by atoms with van der Waals surface area (Å²) in [5.74, 6) is 0. The van der Waals surface area contributed by atoms with Crippen LogP contribution in [0.4, 0.5) is 4.79 Å². The van der Waals surface area contributed by atoms with E-state index in [9.17, 15) is 9.90 Å². The molecule has 5 heteroatoms. The quantitative estimate of drug-likeness (QED) is 0.846. The Bertz CT molecular complexity index is 527. The number of hydrogen-bond donors (Lipinski definition) is 1. The molecule has 1 heterocycles. The molecule has 2 atom stereocenters. The molecular formula is C17H24BrNO3. The van der Waals surface area contributed by atoms with Gasteiger partial charge < -0.3 is 14.7 Å². The molecule has 0 saturated carbocycles. The molecule has 0 unspecified atom stereocenters. The van der Waals surface area contributed by atoms with Gasteiger partial charge in [-0.25, -0.2) is 4.79 Å². The van der Waals surface area contributed by atoms with E-state index in [0.717, 1.165) is 29.3 Å². The predicted molar refractivity (Wildman–Crippen MR) is 89.7 cm³/mol. The largest absolute Gasteiger partial charge is 0.444 e. The van der Waals surface area contributed by atoms with Crippen LogP contribution in [0.2, 0.25) is 0 Å². The topological polar surface area (TPSA) is 49.8 Å². The number of aliphatic hydroxyl groups excluding tert-OH is 1. The Morgan fingerprint density at radius 3 is 2.77 bits per heavy atom. The van der Waals surface area contributed by atoms with Gasteiger partial charge in [-0.3, -0.25) is 0 Å². The maximum absolute atomic E-state index is 12.4. The van der Waals surface area contributed by atoms with E-state index in [-0.39, 0.29) is 12.1 Å². The van der Waals surface area contributed by atoms with Crippen LogP contribution in [-0.2, 0) is 4.74 Å². The molecule has 1 aromatic rings. The van der Waals surface area contributed by atoms with Gasteiger partial charge in [0.25, 0.3) is 0 Å². The number of hydrogen-bond acceptors (Lipinski definition) is 3. The molecular weight excluding hydrogens is 346 g/mol. The summed E-state index contributed by atoms with van der Waals surface area (Å²) in [6.07, 6.45) is 1.69. The molecule has 22 heavy (non-hydrogen) atoms. The lowest BCUT2D eigenvalue weighted by atomic mass is 9.93. The number of likely N-dealkylation sites (tertiary alicyclic amines) is 1. The van der Waals surface area contributed by atoms with Gasteiger partial charge in [0.15, 0.2) is 0 Å². The van der Waals surface area contributed by atoms with Crippen LogP contribution in [0.15, 0.2) is 28.7 Å². The zero-order valence-corrected chi connectivity index (χ0v) is 15.0. The number of carbonyl (C=O) groups is 1. The predicted octanol–water partition coefficient (Wildman–Crippen LogP) is 4.27. The molecule has 122 valence electrons. The van der Waals surface area contributed by atoms with Crippen LogP contribution >= 0.6 is 15.9 Å². The van der Waals surface area contributed by atoms with E-state index in [0.29, 0.717) is 6.54 Å². The first kappa shape index (κ1) is 17.3. The van der Waals surface area contributed by atoms with E-state index in [4.69, 9.17) is 4.74 Å². The number of benzene rings is 1. The van der Waals surface area contributed by atoms with Crippen molar-refractivity contribution in [3.63, 3.8) is 0 Å². The lowest BCUT2D eigenvalue weighted by molar-refractivity contribution is -0.0169. The Labute approximate surface area is 140 Å². The molecule has 1 aromatic carbocycles. The van der Waals surface area contributed by atoms with E-state index in [2.05, 4.69) is 15.9 Å². The maximum atomic E-state index is 12.4. The van der Waals surface area contributed by atoms with Gasteiger partial charge in [-0.15, -0.1) is 0 Å². The zero-order valence-electron chi connectivity index (χ0n) is 13.4. The molecule has 0 radical (unpaired) electrons. The minimum absolute atomic E-state index is 0.238. The van der Waals surface area contributed by atoms with Crippen molar-refractivity contribution < 1.29 is 14.6 Å². The van der Waals surface area contributed by atoms with Crippen LogP contribution < -0.4 is 0 Å². The Balaban J connectivity index is 2.17. The Kier molecular flexibility index (Phi) is 5.50. The molecule has 2 rings (SSSR count). The van der Waals surface area contributed by atoms with Crippen LogP contribution in [0.5, 0.6) is 0 Å². The molecule has 0 aromatic heterocycles. The summed E-state index contributed by atoms with van der Waals surface area (Å²) >= 11 is 3.42. The third kappa shape index (κ3) is 4.46. The Morgan fingerprint density at radius 1 is 1.41 bits per heavy atom. The zero-order chi connectivity index (χ0) is 16.3. The minimum atomic E-state index is -0.703. The van der Waals surface area contributed by atoms with Crippen LogP contribution in [0.1, 0.15) is 51.7 Å². The second kappa shape index (κ2) is 7.01. The highest BCUT2D eigenvalue weighted by Gasteiger charge is 2.35. The third-order valence-electron chi connectivity index (χ3n) is 3.73. The summed E-state index contributed by atoms with van der Waals surface area (Å²) in [5.41, 5.74) is 0.287. The molecule has 1 amide bonds. The first-order valence-corrected chi connectivity index (χ1v) is 8.50. The van der Waals surface area contributed by atoms with E-state index in [1.54, 1.807) is 4.90 Å². The van der Waals surface area contributed by atoms with Gasteiger partial charge in [-0.05, 0) is 57.7 Å². The number of nitrogens with zero attached hydrogens (tertiary/aromatic N) is 1. The summed E-state index contributed by atoms with van der Waals surface area (Å²) in [6, 6.07) is 7.36. The van der Waals surface area contributed by atoms with Crippen molar-refractivity contribution in [3.8, 4) is 0 Å². The van der Waals surface area contributed by atoms with Crippen LogP contribution in [0, 0.1) is 0 Å².